The van der Waals surface area contributed by atoms with Crippen molar-refractivity contribution in [1.29, 1.82) is 0 Å². The molecule has 1 heterocycles. The molecule has 0 unspecified atom stereocenters. The van der Waals surface area contributed by atoms with E-state index >= 15 is 0 Å². The van der Waals surface area contributed by atoms with Crippen LogP contribution in [0.2, 0.25) is 0 Å². The van der Waals surface area contributed by atoms with Crippen LogP contribution in [0.1, 0.15) is 33.3 Å². The van der Waals surface area contributed by atoms with Crippen LogP contribution in [-0.2, 0) is 24.7 Å². The highest BCUT2D eigenvalue weighted by molar-refractivity contribution is 6.08. The van der Waals surface area contributed by atoms with Crippen LogP contribution in [0.4, 0.5) is 4.79 Å². The summed E-state index contributed by atoms with van der Waals surface area (Å²) in [5.74, 6) is -1.54. The molecule has 1 saturated heterocycles. The van der Waals surface area contributed by atoms with Crippen molar-refractivity contribution in [3.8, 4) is 0 Å². The fourth-order valence-electron chi connectivity index (χ4n) is 2.67. The quantitative estimate of drug-likeness (QED) is 0.550. The smallest absolute Gasteiger partial charge is 0.327 e. The SMILES string of the molecule is CC(C)CNC(=O)[C@@H](C)OC(=O)CN1C(=O)N[C@@](C)(c2ccccc2)C1=O. The first-order valence-electron chi connectivity index (χ1n) is 8.82. The minimum Gasteiger partial charge on any atom is -0.451 e. The summed E-state index contributed by atoms with van der Waals surface area (Å²) in [6.07, 6.45) is -1.02. The van der Waals surface area contributed by atoms with Crippen molar-refractivity contribution >= 4 is 23.8 Å². The Hall–Kier alpha value is -2.90. The first-order valence-corrected chi connectivity index (χ1v) is 8.82. The summed E-state index contributed by atoms with van der Waals surface area (Å²) in [6, 6.07) is 8.08. The predicted molar refractivity (Wildman–Crippen MR) is 97.4 cm³/mol. The minimum atomic E-state index is -1.25. The molecule has 2 N–H and O–H groups in total. The van der Waals surface area contributed by atoms with Crippen molar-refractivity contribution in [3.63, 3.8) is 0 Å². The van der Waals surface area contributed by atoms with E-state index in [-0.39, 0.29) is 5.92 Å². The zero-order chi connectivity index (χ0) is 20.2. The topological polar surface area (TPSA) is 105 Å². The number of carbonyl (C=O) groups is 4. The molecule has 0 aliphatic carbocycles. The van der Waals surface area contributed by atoms with Crippen LogP contribution < -0.4 is 10.6 Å². The van der Waals surface area contributed by atoms with Crippen LogP contribution in [-0.4, -0.2) is 47.9 Å². The van der Waals surface area contributed by atoms with E-state index in [2.05, 4.69) is 10.6 Å². The van der Waals surface area contributed by atoms with Crippen LogP contribution in [0, 0.1) is 5.92 Å². The number of amides is 4. The molecule has 0 saturated carbocycles. The van der Waals surface area contributed by atoms with Crippen LogP contribution in [0.15, 0.2) is 30.3 Å². The molecule has 146 valence electrons. The van der Waals surface area contributed by atoms with Gasteiger partial charge in [-0.2, -0.15) is 0 Å². The number of nitrogens with one attached hydrogen (secondary N) is 2. The number of benzene rings is 1. The van der Waals surface area contributed by atoms with Gasteiger partial charge in [-0.25, -0.2) is 4.79 Å². The maximum Gasteiger partial charge on any atom is 0.327 e. The predicted octanol–water partition coefficient (Wildman–Crippen LogP) is 1.16. The third kappa shape index (κ3) is 4.64. The monoisotopic (exact) mass is 375 g/mol. The summed E-state index contributed by atoms with van der Waals surface area (Å²) >= 11 is 0. The van der Waals surface area contributed by atoms with Crippen molar-refractivity contribution in [1.82, 2.24) is 15.5 Å². The number of urea groups is 1. The van der Waals surface area contributed by atoms with Crippen LogP contribution in [0.25, 0.3) is 0 Å². The largest absolute Gasteiger partial charge is 0.451 e. The summed E-state index contributed by atoms with van der Waals surface area (Å²) in [7, 11) is 0. The Morgan fingerprint density at radius 2 is 1.81 bits per heavy atom. The van der Waals surface area contributed by atoms with Gasteiger partial charge in [0.2, 0.25) is 0 Å². The maximum absolute atomic E-state index is 12.7. The number of carbonyl (C=O) groups excluding carboxylic acids is 4. The first kappa shape index (κ1) is 20.4. The molecule has 2 rings (SSSR count). The molecule has 1 aromatic rings. The number of imide groups is 1. The van der Waals surface area contributed by atoms with E-state index in [4.69, 9.17) is 4.74 Å². The van der Waals surface area contributed by atoms with Crippen molar-refractivity contribution in [3.05, 3.63) is 35.9 Å². The van der Waals surface area contributed by atoms with Crippen molar-refractivity contribution < 1.29 is 23.9 Å². The van der Waals surface area contributed by atoms with Gasteiger partial charge in [0, 0.05) is 6.54 Å². The van der Waals surface area contributed by atoms with Crippen LogP contribution >= 0.6 is 0 Å². The summed E-state index contributed by atoms with van der Waals surface area (Å²) in [4.78, 5) is 49.7. The van der Waals surface area contributed by atoms with Gasteiger partial charge in [-0.05, 0) is 25.3 Å². The summed E-state index contributed by atoms with van der Waals surface area (Å²) in [6.45, 7) is 6.80. The highest BCUT2D eigenvalue weighted by Gasteiger charge is 2.49. The summed E-state index contributed by atoms with van der Waals surface area (Å²) in [5.41, 5.74) is -0.639. The van der Waals surface area contributed by atoms with E-state index in [0.29, 0.717) is 12.1 Å². The minimum absolute atomic E-state index is 0.262. The van der Waals surface area contributed by atoms with E-state index in [1.54, 1.807) is 37.3 Å². The zero-order valence-electron chi connectivity index (χ0n) is 15.9. The summed E-state index contributed by atoms with van der Waals surface area (Å²) < 4.78 is 5.05. The van der Waals surface area contributed by atoms with E-state index in [1.165, 1.54) is 6.92 Å². The number of ether oxygens (including phenoxy) is 1. The second kappa shape index (κ2) is 8.20. The van der Waals surface area contributed by atoms with Crippen molar-refractivity contribution in [2.45, 2.75) is 39.3 Å². The van der Waals surface area contributed by atoms with Gasteiger partial charge in [-0.15, -0.1) is 0 Å². The molecule has 4 amide bonds. The molecular weight excluding hydrogens is 350 g/mol. The molecule has 1 aliphatic rings. The van der Waals surface area contributed by atoms with Gasteiger partial charge < -0.3 is 15.4 Å². The van der Waals surface area contributed by atoms with Gasteiger partial charge in [-0.1, -0.05) is 44.2 Å². The normalized spacial score (nSPS) is 20.4. The van der Waals surface area contributed by atoms with E-state index in [1.807, 2.05) is 13.8 Å². The average Bonchev–Trinajstić information content (AvgIpc) is 2.84. The summed E-state index contributed by atoms with van der Waals surface area (Å²) in [5, 5.41) is 5.27. The molecular formula is C19H25N3O5. The fourth-order valence-corrected chi connectivity index (χ4v) is 2.67. The lowest BCUT2D eigenvalue weighted by atomic mass is 9.92. The lowest BCUT2D eigenvalue weighted by Gasteiger charge is -2.22. The third-order valence-electron chi connectivity index (χ3n) is 4.28. The van der Waals surface area contributed by atoms with E-state index < -0.39 is 42.0 Å². The third-order valence-corrected chi connectivity index (χ3v) is 4.28. The van der Waals surface area contributed by atoms with Crippen molar-refractivity contribution in [2.75, 3.05) is 13.1 Å². The van der Waals surface area contributed by atoms with E-state index in [9.17, 15) is 19.2 Å². The highest BCUT2D eigenvalue weighted by Crippen LogP contribution is 2.28. The fraction of sp³-hybridized carbons (Fsp3) is 0.474. The maximum atomic E-state index is 12.7. The Labute approximate surface area is 158 Å². The van der Waals surface area contributed by atoms with Gasteiger partial charge in [0.15, 0.2) is 6.10 Å². The second-order valence-corrected chi connectivity index (χ2v) is 7.08. The molecule has 1 fully saturated rings. The number of esters is 1. The molecule has 27 heavy (non-hydrogen) atoms. The highest BCUT2D eigenvalue weighted by atomic mass is 16.5. The van der Waals surface area contributed by atoms with Crippen molar-refractivity contribution in [2.24, 2.45) is 5.92 Å². The Balaban J connectivity index is 1.99. The molecule has 0 aromatic heterocycles. The lowest BCUT2D eigenvalue weighted by molar-refractivity contribution is -0.156. The van der Waals surface area contributed by atoms with Crippen LogP contribution in [0.3, 0.4) is 0 Å². The number of nitrogens with zero attached hydrogens (tertiary/aromatic N) is 1. The molecule has 0 spiro atoms. The standard InChI is InChI=1S/C19H25N3O5/c1-12(2)10-20-16(24)13(3)27-15(23)11-22-17(25)19(4,21-18(22)26)14-8-6-5-7-9-14/h5-9,12-13H,10-11H2,1-4H3,(H,20,24)(H,21,26)/t13-,19+/m1/s1. The Morgan fingerprint density at radius 3 is 2.41 bits per heavy atom. The zero-order valence-corrected chi connectivity index (χ0v) is 15.9. The molecule has 8 heteroatoms. The number of hydrogen-bond donors (Lipinski definition) is 2. The Morgan fingerprint density at radius 1 is 1.19 bits per heavy atom. The Kier molecular flexibility index (Phi) is 6.20. The van der Waals surface area contributed by atoms with Gasteiger partial charge in [0.1, 0.15) is 12.1 Å². The average molecular weight is 375 g/mol. The molecule has 0 radical (unpaired) electrons. The molecule has 1 aliphatic heterocycles. The molecule has 1 aromatic carbocycles. The van der Waals surface area contributed by atoms with Gasteiger partial charge >= 0.3 is 12.0 Å². The Bertz CT molecular complexity index is 734. The van der Waals surface area contributed by atoms with Gasteiger partial charge in [0.25, 0.3) is 11.8 Å². The number of rotatable bonds is 7. The molecule has 0 bridgehead atoms. The molecule has 8 nitrogen and oxygen atoms in total. The number of hydrogen-bond acceptors (Lipinski definition) is 5. The van der Waals surface area contributed by atoms with E-state index in [0.717, 1.165) is 4.90 Å². The second-order valence-electron chi connectivity index (χ2n) is 7.08. The van der Waals surface area contributed by atoms with Gasteiger partial charge in [-0.3, -0.25) is 19.3 Å². The van der Waals surface area contributed by atoms with Crippen LogP contribution in [0.5, 0.6) is 0 Å². The molecule has 2 atom stereocenters. The first-order chi connectivity index (χ1) is 12.6. The lowest BCUT2D eigenvalue weighted by Crippen LogP contribution is -2.43. The van der Waals surface area contributed by atoms with Gasteiger partial charge in [0.05, 0.1) is 0 Å².